The van der Waals surface area contributed by atoms with Crippen molar-refractivity contribution in [2.45, 2.75) is 0 Å². The van der Waals surface area contributed by atoms with Crippen molar-refractivity contribution in [2.75, 3.05) is 0 Å². The lowest BCUT2D eigenvalue weighted by molar-refractivity contribution is 1.07. The first-order valence-electron chi connectivity index (χ1n) is 39.2. The van der Waals surface area contributed by atoms with Crippen LogP contribution < -0.4 is 0 Å². The van der Waals surface area contributed by atoms with Crippen LogP contribution in [-0.2, 0) is 0 Å². The van der Waals surface area contributed by atoms with Crippen LogP contribution >= 0.6 is 0 Å². The fourth-order valence-corrected chi connectivity index (χ4v) is 15.7. The Hall–Kier alpha value is -15.5. The Balaban J connectivity index is 0.000000150. The molecule has 0 aliphatic rings. The number of fused-ring (bicyclic) bond motifs is 5. The van der Waals surface area contributed by atoms with E-state index in [1.54, 1.807) is 0 Å². The third kappa shape index (κ3) is 14.7. The molecular formula is C110H72N6. The second kappa shape index (κ2) is 31.0. The van der Waals surface area contributed by atoms with Gasteiger partial charge in [-0.05, 0) is 216 Å². The van der Waals surface area contributed by atoms with Crippen molar-refractivity contribution in [2.24, 2.45) is 0 Å². The van der Waals surface area contributed by atoms with Crippen LogP contribution in [0.2, 0.25) is 0 Å². The Labute approximate surface area is 673 Å². The summed E-state index contributed by atoms with van der Waals surface area (Å²) in [6.07, 6.45) is 0. The zero-order valence-corrected chi connectivity index (χ0v) is 63.3. The van der Waals surface area contributed by atoms with Gasteiger partial charge in [-0.25, -0.2) is 29.9 Å². The maximum absolute atomic E-state index is 5.18. The Morgan fingerprint density at radius 3 is 0.448 bits per heavy atom. The average Bonchev–Trinajstić information content (AvgIpc) is 0.781. The maximum atomic E-state index is 5.18. The minimum Gasteiger partial charge on any atom is -0.208 e. The number of benzene rings is 19. The van der Waals surface area contributed by atoms with Crippen LogP contribution in [-0.4, -0.2) is 29.9 Å². The van der Waals surface area contributed by atoms with E-state index in [2.05, 4.69) is 425 Å². The molecule has 0 bridgehead atoms. The number of nitrogens with zero attached hydrogens (tertiary/aromatic N) is 6. The SMILES string of the molecule is c1ccc(-c2ccc(-c3nc(-c4cccc(-c5ccc6cc(-c7ccccc7)ccc6c5)c4)nc(-c4ccc5cc(-c6ccccc6)ccc5c4)n3)cc2)cc1.c1ccc(-c2ccc3cc(-c4cccc(-c5nc(-c6ccc7cc(-c8ccccc8)ccc7c6)nc(-c6ccc7cc(-c8ccccc8)ccc7c6)n5)c4)ccc3c2)cc1. The van der Waals surface area contributed by atoms with Gasteiger partial charge in [0.2, 0.25) is 0 Å². The molecule has 0 spiro atoms. The van der Waals surface area contributed by atoms with Crippen LogP contribution in [0.5, 0.6) is 0 Å². The maximum Gasteiger partial charge on any atom is 0.164 e. The minimum atomic E-state index is 0.629. The van der Waals surface area contributed by atoms with E-state index < -0.39 is 0 Å². The monoisotopic (exact) mass is 1480 g/mol. The van der Waals surface area contributed by atoms with E-state index in [1.165, 1.54) is 98.9 Å². The van der Waals surface area contributed by atoms with Crippen molar-refractivity contribution < 1.29 is 0 Å². The highest BCUT2D eigenvalue weighted by Crippen LogP contribution is 2.39. The number of hydrogen-bond acceptors (Lipinski definition) is 6. The molecule has 19 aromatic carbocycles. The van der Waals surface area contributed by atoms with Crippen LogP contribution in [0, 0.1) is 0 Å². The van der Waals surface area contributed by atoms with Crippen molar-refractivity contribution in [3.8, 4) is 157 Å². The number of hydrogen-bond donors (Lipinski definition) is 0. The van der Waals surface area contributed by atoms with E-state index in [-0.39, 0.29) is 0 Å². The number of aromatic nitrogens is 6. The molecule has 0 aliphatic heterocycles. The lowest BCUT2D eigenvalue weighted by atomic mass is 9.97. The Bertz CT molecular complexity index is 7080. The summed E-state index contributed by atoms with van der Waals surface area (Å²) < 4.78 is 0. The number of rotatable bonds is 14. The lowest BCUT2D eigenvalue weighted by Crippen LogP contribution is -2.00. The van der Waals surface area contributed by atoms with Gasteiger partial charge in [-0.15, -0.1) is 0 Å². The normalized spacial score (nSPS) is 11.3. The van der Waals surface area contributed by atoms with E-state index in [9.17, 15) is 0 Å². The van der Waals surface area contributed by atoms with Crippen LogP contribution in [0.1, 0.15) is 0 Å². The third-order valence-electron chi connectivity index (χ3n) is 21.9. The fourth-order valence-electron chi connectivity index (χ4n) is 15.7. The van der Waals surface area contributed by atoms with E-state index in [0.29, 0.717) is 34.9 Å². The van der Waals surface area contributed by atoms with Crippen LogP contribution in [0.25, 0.3) is 211 Å². The first-order valence-corrected chi connectivity index (χ1v) is 39.2. The molecule has 21 rings (SSSR count). The first-order chi connectivity index (χ1) is 57.4. The van der Waals surface area contributed by atoms with E-state index >= 15 is 0 Å². The van der Waals surface area contributed by atoms with Crippen molar-refractivity contribution in [3.63, 3.8) is 0 Å². The summed E-state index contributed by atoms with van der Waals surface area (Å²) in [6.45, 7) is 0. The molecule has 2 heterocycles. The molecule has 542 valence electrons. The summed E-state index contributed by atoms with van der Waals surface area (Å²) in [5, 5.41) is 11.7. The molecule has 0 radical (unpaired) electrons. The van der Waals surface area contributed by atoms with Gasteiger partial charge in [0.15, 0.2) is 34.9 Å². The second-order valence-corrected chi connectivity index (χ2v) is 29.4. The highest BCUT2D eigenvalue weighted by Gasteiger charge is 2.19. The fraction of sp³-hybridized carbons (Fsp3) is 0. The predicted molar refractivity (Wildman–Crippen MR) is 483 cm³/mol. The standard InChI is InChI=1S/C57H37N3.C53H35N3/c1-4-11-38(12-5-1)42-19-22-47-34-45(25-26-46(47)31-42)41-17-10-18-52(35-41)55-58-56(53-29-27-48-32-43(20-23-50(48)36-53)39-13-6-2-7-14-39)60-57(59-55)54-30-28-49-33-44(21-24-51(49)37-54)40-15-8-3-9-16-40;1-4-11-36(12-5-1)39-19-21-40(22-20-39)51-54-52(56-53(55-51)50-30-29-47-32-43(24-26-48(47)35-50)38-15-8-3-9-16-38)49-18-10-17-41(34-49)44-27-28-45-31-42(23-25-46(45)33-44)37-13-6-2-7-14-37/h1-37H;1-35H. The Kier molecular flexibility index (Phi) is 18.6. The van der Waals surface area contributed by atoms with Crippen LogP contribution in [0.15, 0.2) is 437 Å². The lowest BCUT2D eigenvalue weighted by Gasteiger charge is -2.12. The molecular weight excluding hydrogens is 1410 g/mol. The minimum absolute atomic E-state index is 0.629. The van der Waals surface area contributed by atoms with Gasteiger partial charge in [0.05, 0.1) is 0 Å². The quantitative estimate of drug-likeness (QED) is 0.108. The summed E-state index contributed by atoms with van der Waals surface area (Å²) in [4.78, 5) is 30.9. The van der Waals surface area contributed by atoms with Crippen LogP contribution in [0.4, 0.5) is 0 Å². The first kappa shape index (κ1) is 69.7. The van der Waals surface area contributed by atoms with Crippen LogP contribution in [0.3, 0.4) is 0 Å². The van der Waals surface area contributed by atoms with Crippen molar-refractivity contribution in [3.05, 3.63) is 437 Å². The van der Waals surface area contributed by atoms with E-state index in [1.807, 2.05) is 12.1 Å². The molecule has 0 saturated carbocycles. The Morgan fingerprint density at radius 1 is 0.0862 bits per heavy atom. The smallest absolute Gasteiger partial charge is 0.164 e. The summed E-state index contributed by atoms with van der Waals surface area (Å²) in [7, 11) is 0. The molecule has 2 aromatic heterocycles. The topological polar surface area (TPSA) is 77.3 Å². The second-order valence-electron chi connectivity index (χ2n) is 29.4. The molecule has 21 aromatic rings. The molecule has 0 fully saturated rings. The zero-order valence-electron chi connectivity index (χ0n) is 63.3. The molecule has 6 nitrogen and oxygen atoms in total. The van der Waals surface area contributed by atoms with Gasteiger partial charge >= 0.3 is 0 Å². The third-order valence-corrected chi connectivity index (χ3v) is 21.9. The Morgan fingerprint density at radius 2 is 0.216 bits per heavy atom. The van der Waals surface area contributed by atoms with Crippen molar-refractivity contribution >= 4 is 53.9 Å². The predicted octanol–water partition coefficient (Wildman–Crippen LogP) is 28.8. The summed E-state index contributed by atoms with van der Waals surface area (Å²) >= 11 is 0. The van der Waals surface area contributed by atoms with Gasteiger partial charge in [0.25, 0.3) is 0 Å². The molecule has 0 amide bonds. The molecule has 6 heteroatoms. The van der Waals surface area contributed by atoms with Gasteiger partial charge in [-0.3, -0.25) is 0 Å². The van der Waals surface area contributed by atoms with Gasteiger partial charge < -0.3 is 0 Å². The van der Waals surface area contributed by atoms with Crippen molar-refractivity contribution in [1.29, 1.82) is 0 Å². The summed E-state index contributed by atoms with van der Waals surface area (Å²) in [6, 6.07) is 155. The van der Waals surface area contributed by atoms with Crippen molar-refractivity contribution in [1.82, 2.24) is 29.9 Å². The van der Waals surface area contributed by atoms with Gasteiger partial charge in [-0.1, -0.05) is 364 Å². The molecule has 0 aliphatic carbocycles. The van der Waals surface area contributed by atoms with Gasteiger partial charge in [0, 0.05) is 33.4 Å². The molecule has 0 N–H and O–H groups in total. The molecule has 116 heavy (non-hydrogen) atoms. The highest BCUT2D eigenvalue weighted by atomic mass is 15.0. The highest BCUT2D eigenvalue weighted by molar-refractivity contribution is 5.96. The molecule has 0 unspecified atom stereocenters. The van der Waals surface area contributed by atoms with Gasteiger partial charge in [0.1, 0.15) is 0 Å². The molecule has 0 saturated heterocycles. The zero-order chi connectivity index (χ0) is 77.1. The van der Waals surface area contributed by atoms with Gasteiger partial charge in [-0.2, -0.15) is 0 Å². The summed E-state index contributed by atoms with van der Waals surface area (Å²) in [5.41, 5.74) is 24.5. The molecule has 0 atom stereocenters. The summed E-state index contributed by atoms with van der Waals surface area (Å²) in [5.74, 6) is 3.80. The average molecular weight is 1480 g/mol. The van der Waals surface area contributed by atoms with E-state index in [4.69, 9.17) is 29.9 Å². The largest absolute Gasteiger partial charge is 0.208 e. The van der Waals surface area contributed by atoms with E-state index in [0.717, 1.165) is 77.4 Å².